The number of aliphatic imine (C=N–C) groups is 1. The average Bonchev–Trinajstić information content (AvgIpc) is 2.79. The SMILES string of the molecule is CN1CCCC(CN=C(N)N)C1c1cccs1. The third-order valence-electron chi connectivity index (χ3n) is 3.35. The number of rotatable bonds is 3. The monoisotopic (exact) mass is 252 g/mol. The Morgan fingerprint density at radius 2 is 2.41 bits per heavy atom. The van der Waals surface area contributed by atoms with E-state index in [1.165, 1.54) is 17.7 Å². The van der Waals surface area contributed by atoms with E-state index < -0.39 is 0 Å². The molecule has 4 N–H and O–H groups in total. The van der Waals surface area contributed by atoms with Gasteiger partial charge in [-0.1, -0.05) is 6.07 Å². The molecule has 1 aromatic heterocycles. The van der Waals surface area contributed by atoms with E-state index in [4.69, 9.17) is 11.5 Å². The number of guanidine groups is 1. The second-order valence-corrected chi connectivity index (χ2v) is 5.59. The van der Waals surface area contributed by atoms with Gasteiger partial charge in [-0.15, -0.1) is 11.3 Å². The molecule has 5 heteroatoms. The van der Waals surface area contributed by atoms with Crippen molar-refractivity contribution in [3.8, 4) is 0 Å². The molecule has 0 aromatic carbocycles. The van der Waals surface area contributed by atoms with Gasteiger partial charge in [0.05, 0.1) is 0 Å². The van der Waals surface area contributed by atoms with Crippen molar-refractivity contribution >= 4 is 17.3 Å². The summed E-state index contributed by atoms with van der Waals surface area (Å²) in [6.45, 7) is 1.89. The third kappa shape index (κ3) is 2.98. The number of hydrogen-bond donors (Lipinski definition) is 2. The van der Waals surface area contributed by atoms with Crippen molar-refractivity contribution < 1.29 is 0 Å². The number of nitrogens with zero attached hydrogens (tertiary/aromatic N) is 2. The van der Waals surface area contributed by atoms with E-state index in [9.17, 15) is 0 Å². The number of piperidine rings is 1. The molecule has 1 aliphatic heterocycles. The lowest BCUT2D eigenvalue weighted by molar-refractivity contribution is 0.128. The number of thiophene rings is 1. The quantitative estimate of drug-likeness (QED) is 0.631. The molecule has 4 nitrogen and oxygen atoms in total. The van der Waals surface area contributed by atoms with Gasteiger partial charge in [0.2, 0.25) is 0 Å². The largest absolute Gasteiger partial charge is 0.370 e. The van der Waals surface area contributed by atoms with Crippen LogP contribution in [0.4, 0.5) is 0 Å². The molecular weight excluding hydrogens is 232 g/mol. The standard InChI is InChI=1S/C12H20N4S/c1-16-6-2-4-9(8-15-12(13)14)11(16)10-5-3-7-17-10/h3,5,7,9,11H,2,4,6,8H2,1H3,(H4,13,14,15). The molecule has 2 atom stereocenters. The maximum Gasteiger partial charge on any atom is 0.185 e. The number of hydrogen-bond acceptors (Lipinski definition) is 3. The fourth-order valence-electron chi connectivity index (χ4n) is 2.58. The molecule has 0 radical (unpaired) electrons. The first kappa shape index (κ1) is 12.4. The van der Waals surface area contributed by atoms with Crippen LogP contribution >= 0.6 is 11.3 Å². The Balaban J connectivity index is 2.14. The van der Waals surface area contributed by atoms with Crippen LogP contribution in [0.5, 0.6) is 0 Å². The summed E-state index contributed by atoms with van der Waals surface area (Å²) in [6.07, 6.45) is 2.42. The lowest BCUT2D eigenvalue weighted by Crippen LogP contribution is -2.37. The molecule has 94 valence electrons. The van der Waals surface area contributed by atoms with Gasteiger partial charge in [0, 0.05) is 17.5 Å². The van der Waals surface area contributed by atoms with Crippen molar-refractivity contribution in [1.29, 1.82) is 0 Å². The first-order valence-electron chi connectivity index (χ1n) is 5.97. The molecule has 2 rings (SSSR count). The maximum absolute atomic E-state index is 5.43. The van der Waals surface area contributed by atoms with Crippen molar-refractivity contribution in [1.82, 2.24) is 4.90 Å². The summed E-state index contributed by atoms with van der Waals surface area (Å²) in [6, 6.07) is 4.78. The molecule has 0 bridgehead atoms. The zero-order chi connectivity index (χ0) is 12.3. The van der Waals surface area contributed by atoms with E-state index in [-0.39, 0.29) is 5.96 Å². The second kappa shape index (κ2) is 5.51. The molecular formula is C12H20N4S. The molecule has 1 aromatic rings. The summed E-state index contributed by atoms with van der Waals surface area (Å²) < 4.78 is 0. The molecule has 0 amide bonds. The first-order valence-corrected chi connectivity index (χ1v) is 6.85. The smallest absolute Gasteiger partial charge is 0.185 e. The summed E-state index contributed by atoms with van der Waals surface area (Å²) in [5.41, 5.74) is 10.9. The normalized spacial score (nSPS) is 25.7. The van der Waals surface area contributed by atoms with E-state index in [1.807, 2.05) is 11.3 Å². The molecule has 1 saturated heterocycles. The molecule has 2 heterocycles. The highest BCUT2D eigenvalue weighted by atomic mass is 32.1. The Kier molecular flexibility index (Phi) is 4.02. The van der Waals surface area contributed by atoms with Gasteiger partial charge in [-0.2, -0.15) is 0 Å². The van der Waals surface area contributed by atoms with E-state index >= 15 is 0 Å². The minimum absolute atomic E-state index is 0.197. The highest BCUT2D eigenvalue weighted by Gasteiger charge is 2.30. The Bertz CT molecular complexity index is 370. The van der Waals surface area contributed by atoms with E-state index in [2.05, 4.69) is 34.5 Å². The highest BCUT2D eigenvalue weighted by molar-refractivity contribution is 7.10. The van der Waals surface area contributed by atoms with Crippen LogP contribution in [0.25, 0.3) is 0 Å². The number of likely N-dealkylation sites (tertiary alicyclic amines) is 1. The van der Waals surface area contributed by atoms with Crippen molar-refractivity contribution in [2.75, 3.05) is 20.1 Å². The zero-order valence-corrected chi connectivity index (χ0v) is 11.0. The zero-order valence-electron chi connectivity index (χ0n) is 10.2. The van der Waals surface area contributed by atoms with Gasteiger partial charge in [0.25, 0.3) is 0 Å². The summed E-state index contributed by atoms with van der Waals surface area (Å²) in [7, 11) is 2.19. The summed E-state index contributed by atoms with van der Waals surface area (Å²) >= 11 is 1.82. The molecule has 0 spiro atoms. The van der Waals surface area contributed by atoms with Crippen molar-refractivity contribution in [2.24, 2.45) is 22.4 Å². The summed E-state index contributed by atoms with van der Waals surface area (Å²) in [5, 5.41) is 2.13. The van der Waals surface area contributed by atoms with Gasteiger partial charge in [-0.05, 0) is 43.8 Å². The summed E-state index contributed by atoms with van der Waals surface area (Å²) in [4.78, 5) is 8.03. The van der Waals surface area contributed by atoms with E-state index in [0.717, 1.165) is 13.1 Å². The van der Waals surface area contributed by atoms with Gasteiger partial charge in [0.15, 0.2) is 5.96 Å². The minimum atomic E-state index is 0.197. The Labute approximate surface area is 106 Å². The molecule has 17 heavy (non-hydrogen) atoms. The fourth-order valence-corrected chi connectivity index (χ4v) is 3.57. The molecule has 2 unspecified atom stereocenters. The highest BCUT2D eigenvalue weighted by Crippen LogP contribution is 2.37. The van der Waals surface area contributed by atoms with Crippen molar-refractivity contribution in [2.45, 2.75) is 18.9 Å². The van der Waals surface area contributed by atoms with E-state index in [0.29, 0.717) is 12.0 Å². The third-order valence-corrected chi connectivity index (χ3v) is 4.29. The Morgan fingerprint density at radius 3 is 3.06 bits per heavy atom. The fraction of sp³-hybridized carbons (Fsp3) is 0.583. The van der Waals surface area contributed by atoms with Crippen LogP contribution in [0.15, 0.2) is 22.5 Å². The van der Waals surface area contributed by atoms with Crippen molar-refractivity contribution in [3.63, 3.8) is 0 Å². The van der Waals surface area contributed by atoms with Crippen molar-refractivity contribution in [3.05, 3.63) is 22.4 Å². The lowest BCUT2D eigenvalue weighted by atomic mass is 9.88. The summed E-state index contributed by atoms with van der Waals surface area (Å²) in [5.74, 6) is 0.720. The Morgan fingerprint density at radius 1 is 1.59 bits per heavy atom. The van der Waals surface area contributed by atoms with Gasteiger partial charge < -0.3 is 11.5 Å². The predicted octanol–water partition coefficient (Wildman–Crippen LogP) is 1.40. The van der Waals surface area contributed by atoms with Gasteiger partial charge in [-0.25, -0.2) is 0 Å². The van der Waals surface area contributed by atoms with Crippen LogP contribution in [0.1, 0.15) is 23.8 Å². The minimum Gasteiger partial charge on any atom is -0.370 e. The van der Waals surface area contributed by atoms with Crippen LogP contribution in [-0.2, 0) is 0 Å². The first-order chi connectivity index (χ1) is 8.18. The van der Waals surface area contributed by atoms with Crippen LogP contribution in [0.3, 0.4) is 0 Å². The van der Waals surface area contributed by atoms with E-state index in [1.54, 1.807) is 0 Å². The second-order valence-electron chi connectivity index (χ2n) is 4.61. The number of nitrogens with two attached hydrogens (primary N) is 2. The lowest BCUT2D eigenvalue weighted by Gasteiger charge is -2.38. The molecule has 1 aliphatic rings. The topological polar surface area (TPSA) is 67.6 Å². The van der Waals surface area contributed by atoms with Crippen LogP contribution in [0, 0.1) is 5.92 Å². The van der Waals surface area contributed by atoms with Crippen LogP contribution in [0.2, 0.25) is 0 Å². The van der Waals surface area contributed by atoms with Gasteiger partial charge in [-0.3, -0.25) is 9.89 Å². The van der Waals surface area contributed by atoms with Crippen LogP contribution < -0.4 is 11.5 Å². The maximum atomic E-state index is 5.43. The Hall–Kier alpha value is -1.07. The van der Waals surface area contributed by atoms with Crippen LogP contribution in [-0.4, -0.2) is 31.0 Å². The predicted molar refractivity (Wildman–Crippen MR) is 73.1 cm³/mol. The molecule has 0 aliphatic carbocycles. The van der Waals surface area contributed by atoms with Gasteiger partial charge >= 0.3 is 0 Å². The molecule has 0 saturated carbocycles. The molecule has 1 fully saturated rings. The average molecular weight is 252 g/mol. The van der Waals surface area contributed by atoms with Gasteiger partial charge in [0.1, 0.15) is 0 Å².